The van der Waals surface area contributed by atoms with Gasteiger partial charge in [-0.25, -0.2) is 9.98 Å². The monoisotopic (exact) mass is 407 g/mol. The number of pyridine rings is 2. The van der Waals surface area contributed by atoms with Crippen molar-refractivity contribution in [2.75, 3.05) is 19.7 Å². The van der Waals surface area contributed by atoms with Gasteiger partial charge in [0.2, 0.25) is 5.88 Å². The number of aliphatic imine (C=N–C) groups is 1. The fourth-order valence-corrected chi connectivity index (χ4v) is 2.53. The molecule has 3 aromatic heterocycles. The van der Waals surface area contributed by atoms with E-state index in [2.05, 4.69) is 30.8 Å². The molecular weight excluding hydrogens is 387 g/mol. The first-order chi connectivity index (χ1) is 14.0. The maximum absolute atomic E-state index is 13.0. The van der Waals surface area contributed by atoms with Crippen LogP contribution in [-0.2, 0) is 12.7 Å². The van der Waals surface area contributed by atoms with E-state index in [0.717, 1.165) is 11.7 Å². The Morgan fingerprint density at radius 2 is 2.03 bits per heavy atom. The van der Waals surface area contributed by atoms with Crippen molar-refractivity contribution >= 4 is 11.6 Å². The van der Waals surface area contributed by atoms with E-state index in [1.54, 1.807) is 0 Å². The highest BCUT2D eigenvalue weighted by Gasteiger charge is 2.34. The fraction of sp³-hybridized carbons (Fsp3) is 0.333. The van der Waals surface area contributed by atoms with Gasteiger partial charge in [0.15, 0.2) is 17.4 Å². The second-order valence-electron chi connectivity index (χ2n) is 5.87. The normalized spacial score (nSPS) is 12.2. The summed E-state index contributed by atoms with van der Waals surface area (Å²) in [7, 11) is 0. The van der Waals surface area contributed by atoms with Gasteiger partial charge in [-0.3, -0.25) is 4.40 Å². The molecule has 8 nitrogen and oxygen atoms in total. The molecule has 0 radical (unpaired) electrons. The lowest BCUT2D eigenvalue weighted by molar-refractivity contribution is -0.139. The van der Waals surface area contributed by atoms with Gasteiger partial charge >= 0.3 is 6.18 Å². The van der Waals surface area contributed by atoms with Crippen molar-refractivity contribution in [3.8, 4) is 5.88 Å². The molecule has 0 aliphatic heterocycles. The van der Waals surface area contributed by atoms with Gasteiger partial charge in [0, 0.05) is 18.9 Å². The van der Waals surface area contributed by atoms with Crippen LogP contribution in [0.1, 0.15) is 18.3 Å². The summed E-state index contributed by atoms with van der Waals surface area (Å²) in [5, 5.41) is 14.2. The third-order valence-electron chi connectivity index (χ3n) is 3.82. The van der Waals surface area contributed by atoms with Crippen LogP contribution < -0.4 is 15.4 Å². The van der Waals surface area contributed by atoms with Gasteiger partial charge in [0.05, 0.1) is 6.54 Å². The Balaban J connectivity index is 1.57. The first kappa shape index (κ1) is 20.4. The Bertz CT molecular complexity index is 971. The molecular formula is C18H20F3N7O. The summed E-state index contributed by atoms with van der Waals surface area (Å²) in [5.41, 5.74) is -0.181. The molecule has 3 rings (SSSR count). The minimum absolute atomic E-state index is 0.0155. The predicted molar refractivity (Wildman–Crippen MR) is 101 cm³/mol. The van der Waals surface area contributed by atoms with Crippen molar-refractivity contribution in [1.82, 2.24) is 30.2 Å². The van der Waals surface area contributed by atoms with Gasteiger partial charge < -0.3 is 15.4 Å². The topological polar surface area (TPSA) is 88.7 Å². The fourth-order valence-electron chi connectivity index (χ4n) is 2.53. The third kappa shape index (κ3) is 5.33. The van der Waals surface area contributed by atoms with Crippen LogP contribution in [0.25, 0.3) is 5.65 Å². The van der Waals surface area contributed by atoms with Gasteiger partial charge in [0.1, 0.15) is 18.7 Å². The Hall–Kier alpha value is -3.37. The summed E-state index contributed by atoms with van der Waals surface area (Å²) in [4.78, 5) is 8.09. The first-order valence-corrected chi connectivity index (χ1v) is 8.95. The predicted octanol–water partition coefficient (Wildman–Crippen LogP) is 2.28. The quantitative estimate of drug-likeness (QED) is 0.355. The molecule has 0 bridgehead atoms. The number of guanidine groups is 1. The van der Waals surface area contributed by atoms with E-state index in [4.69, 9.17) is 4.74 Å². The van der Waals surface area contributed by atoms with Gasteiger partial charge in [-0.1, -0.05) is 6.07 Å². The number of ether oxygens (including phenoxy) is 1. The largest absolute Gasteiger partial charge is 0.475 e. The number of alkyl halides is 3. The van der Waals surface area contributed by atoms with E-state index in [1.807, 2.05) is 35.7 Å². The average Bonchev–Trinajstić information content (AvgIpc) is 3.12. The van der Waals surface area contributed by atoms with Gasteiger partial charge in [-0.2, -0.15) is 13.2 Å². The van der Waals surface area contributed by atoms with Crippen molar-refractivity contribution < 1.29 is 17.9 Å². The lowest BCUT2D eigenvalue weighted by atomic mass is 10.2. The smallest absolute Gasteiger partial charge is 0.421 e. The highest BCUT2D eigenvalue weighted by Crippen LogP contribution is 2.34. The standard InChI is InChI=1S/C18H20F3N7O/c1-2-22-17(25-12-15-27-26-14-7-3-4-10-28(14)15)24-9-11-29-16-13(18(19,20)21)6-5-8-23-16/h3-8,10H,2,9,11-12H2,1H3,(H2,22,24,25). The number of halogens is 3. The Morgan fingerprint density at radius 1 is 1.17 bits per heavy atom. The molecule has 0 saturated heterocycles. The van der Waals surface area contributed by atoms with Crippen LogP contribution in [0.2, 0.25) is 0 Å². The average molecular weight is 407 g/mol. The molecule has 0 saturated carbocycles. The lowest BCUT2D eigenvalue weighted by Crippen LogP contribution is -2.39. The van der Waals surface area contributed by atoms with Gasteiger partial charge in [-0.05, 0) is 31.2 Å². The van der Waals surface area contributed by atoms with E-state index in [9.17, 15) is 13.2 Å². The molecule has 2 N–H and O–H groups in total. The van der Waals surface area contributed by atoms with E-state index in [1.165, 1.54) is 12.3 Å². The molecule has 0 aromatic carbocycles. The summed E-state index contributed by atoms with van der Waals surface area (Å²) in [6, 6.07) is 7.74. The zero-order valence-electron chi connectivity index (χ0n) is 15.6. The zero-order valence-corrected chi connectivity index (χ0v) is 15.6. The number of nitrogens with one attached hydrogen (secondary N) is 2. The van der Waals surface area contributed by atoms with Crippen LogP contribution >= 0.6 is 0 Å². The van der Waals surface area contributed by atoms with Crippen molar-refractivity contribution in [3.63, 3.8) is 0 Å². The molecule has 11 heteroatoms. The van der Waals surface area contributed by atoms with Crippen LogP contribution in [0.5, 0.6) is 5.88 Å². The lowest BCUT2D eigenvalue weighted by Gasteiger charge is -2.14. The van der Waals surface area contributed by atoms with Gasteiger partial charge in [0.25, 0.3) is 0 Å². The van der Waals surface area contributed by atoms with Crippen LogP contribution in [0.4, 0.5) is 13.2 Å². The molecule has 0 amide bonds. The summed E-state index contributed by atoms with van der Waals surface area (Å²) in [6.07, 6.45) is -1.42. The second-order valence-corrected chi connectivity index (χ2v) is 5.87. The molecule has 3 heterocycles. The number of nitrogens with zero attached hydrogens (tertiary/aromatic N) is 5. The number of hydrogen-bond donors (Lipinski definition) is 2. The maximum atomic E-state index is 13.0. The van der Waals surface area contributed by atoms with E-state index >= 15 is 0 Å². The Kier molecular flexibility index (Phi) is 6.47. The second kappa shape index (κ2) is 9.22. The highest BCUT2D eigenvalue weighted by atomic mass is 19.4. The summed E-state index contributed by atoms with van der Waals surface area (Å²) in [6.45, 7) is 3.02. The van der Waals surface area contributed by atoms with Crippen molar-refractivity contribution in [2.45, 2.75) is 19.6 Å². The van der Waals surface area contributed by atoms with Crippen LogP contribution in [0, 0.1) is 0 Å². The minimum Gasteiger partial charge on any atom is -0.475 e. The van der Waals surface area contributed by atoms with Crippen LogP contribution in [0.3, 0.4) is 0 Å². The molecule has 0 aliphatic carbocycles. The molecule has 3 aromatic rings. The van der Waals surface area contributed by atoms with Crippen molar-refractivity contribution in [1.29, 1.82) is 0 Å². The van der Waals surface area contributed by atoms with E-state index in [-0.39, 0.29) is 19.7 Å². The summed E-state index contributed by atoms with van der Waals surface area (Å²) < 4.78 is 45.9. The number of fused-ring (bicyclic) bond motifs is 1. The first-order valence-electron chi connectivity index (χ1n) is 8.95. The molecule has 0 atom stereocenters. The van der Waals surface area contributed by atoms with E-state index < -0.39 is 17.6 Å². The number of aromatic nitrogens is 4. The molecule has 0 fully saturated rings. The van der Waals surface area contributed by atoms with Gasteiger partial charge in [-0.15, -0.1) is 10.2 Å². The van der Waals surface area contributed by atoms with Crippen LogP contribution in [0.15, 0.2) is 47.7 Å². The molecule has 154 valence electrons. The summed E-state index contributed by atoms with van der Waals surface area (Å²) in [5.74, 6) is 0.705. The van der Waals surface area contributed by atoms with Crippen LogP contribution in [-0.4, -0.2) is 45.2 Å². The Labute approximate surface area is 164 Å². The third-order valence-corrected chi connectivity index (χ3v) is 3.82. The molecule has 0 spiro atoms. The van der Waals surface area contributed by atoms with E-state index in [0.29, 0.717) is 18.3 Å². The number of hydrogen-bond acceptors (Lipinski definition) is 5. The minimum atomic E-state index is -4.52. The summed E-state index contributed by atoms with van der Waals surface area (Å²) >= 11 is 0. The highest BCUT2D eigenvalue weighted by molar-refractivity contribution is 5.79. The SMILES string of the molecule is CCNC(=NCc1nnc2ccccn12)NCCOc1ncccc1C(F)(F)F. The molecule has 0 aliphatic rings. The number of rotatable bonds is 7. The molecule has 29 heavy (non-hydrogen) atoms. The van der Waals surface area contributed by atoms with Crippen molar-refractivity contribution in [2.24, 2.45) is 4.99 Å². The van der Waals surface area contributed by atoms with Crippen molar-refractivity contribution in [3.05, 3.63) is 54.1 Å². The molecule has 0 unspecified atom stereocenters. The Morgan fingerprint density at radius 3 is 2.83 bits per heavy atom. The maximum Gasteiger partial charge on any atom is 0.421 e. The zero-order chi connectivity index (χ0) is 20.7.